The number of nitrogens with zero attached hydrogens (tertiary/aromatic N) is 4. The van der Waals surface area contributed by atoms with Gasteiger partial charge < -0.3 is 4.90 Å². The summed E-state index contributed by atoms with van der Waals surface area (Å²) in [4.78, 5) is 29.7. The summed E-state index contributed by atoms with van der Waals surface area (Å²) in [6.45, 7) is 2.48. The number of hydrogen-bond acceptors (Lipinski definition) is 3. The van der Waals surface area contributed by atoms with E-state index in [9.17, 15) is 9.59 Å². The zero-order valence-electron chi connectivity index (χ0n) is 11.4. The molecule has 6 nitrogen and oxygen atoms in total. The van der Waals surface area contributed by atoms with Crippen molar-refractivity contribution in [2.45, 2.75) is 26.3 Å². The van der Waals surface area contributed by atoms with Crippen molar-refractivity contribution in [1.82, 2.24) is 14.0 Å². The fraction of sp³-hybridized carbons (Fsp3) is 0.583. The topological polar surface area (TPSA) is 59.6 Å². The summed E-state index contributed by atoms with van der Waals surface area (Å²) < 4.78 is 2.63. The fourth-order valence-corrected chi connectivity index (χ4v) is 1.48. The van der Waals surface area contributed by atoms with Gasteiger partial charge >= 0.3 is 5.69 Å². The quantitative estimate of drug-likeness (QED) is 0.568. The van der Waals surface area contributed by atoms with Crippen molar-refractivity contribution in [3.63, 3.8) is 0 Å². The first-order valence-electron chi connectivity index (χ1n) is 5.99. The minimum Gasteiger partial charge on any atom is -0.369 e. The van der Waals surface area contributed by atoms with E-state index in [0.29, 0.717) is 12.4 Å². The molecule has 0 radical (unpaired) electrons. The molecule has 1 heterocycles. The van der Waals surface area contributed by atoms with Crippen LogP contribution in [0, 0.1) is 0 Å². The van der Waals surface area contributed by atoms with Gasteiger partial charge in [0.25, 0.3) is 5.56 Å². The molecule has 0 amide bonds. The molecule has 0 fully saturated rings. The van der Waals surface area contributed by atoms with Gasteiger partial charge in [0.15, 0.2) is 0 Å². The van der Waals surface area contributed by atoms with Gasteiger partial charge in [-0.1, -0.05) is 13.3 Å². The maximum Gasteiger partial charge on any atom is 0.332 e. The summed E-state index contributed by atoms with van der Waals surface area (Å²) in [5.74, 6) is 0.367. The normalized spacial score (nSPS) is 11.1. The van der Waals surface area contributed by atoms with E-state index in [1.54, 1.807) is 18.3 Å². The predicted octanol–water partition coefficient (Wildman–Crippen LogP) is 0.568. The van der Waals surface area contributed by atoms with Crippen LogP contribution in [0.1, 0.15) is 19.8 Å². The van der Waals surface area contributed by atoms with E-state index >= 15 is 0 Å². The van der Waals surface area contributed by atoms with Crippen molar-refractivity contribution in [3.05, 3.63) is 26.9 Å². The van der Waals surface area contributed by atoms with Crippen LogP contribution >= 0.6 is 0 Å². The van der Waals surface area contributed by atoms with Crippen molar-refractivity contribution < 1.29 is 0 Å². The van der Waals surface area contributed by atoms with Crippen LogP contribution in [0.4, 0.5) is 5.82 Å². The lowest BCUT2D eigenvalue weighted by atomic mass is 10.3. The molecule has 0 saturated carbocycles. The van der Waals surface area contributed by atoms with Gasteiger partial charge in [-0.15, -0.1) is 0 Å². The van der Waals surface area contributed by atoms with E-state index in [0.717, 1.165) is 12.8 Å². The monoisotopic (exact) mass is 252 g/mol. The maximum absolute atomic E-state index is 12.0. The Morgan fingerprint density at radius 1 is 1.39 bits per heavy atom. The van der Waals surface area contributed by atoms with Gasteiger partial charge in [-0.2, -0.15) is 0 Å². The smallest absolute Gasteiger partial charge is 0.332 e. The van der Waals surface area contributed by atoms with Crippen molar-refractivity contribution in [2.75, 3.05) is 14.1 Å². The highest BCUT2D eigenvalue weighted by molar-refractivity contribution is 5.58. The van der Waals surface area contributed by atoms with Crippen LogP contribution in [0.3, 0.4) is 0 Å². The first-order valence-corrected chi connectivity index (χ1v) is 5.99. The first-order chi connectivity index (χ1) is 8.47. The minimum absolute atomic E-state index is 0.294. The molecule has 1 rings (SSSR count). The standard InChI is InChI=1S/C12H20N4O2/c1-5-6-7-16-11(17)8-10(13-9-14(2)3)15(4)12(16)18/h8-9H,5-7H2,1-4H3. The lowest BCUT2D eigenvalue weighted by Crippen LogP contribution is -2.38. The Labute approximate surface area is 106 Å². The third kappa shape index (κ3) is 3.32. The second-order valence-electron chi connectivity index (χ2n) is 4.40. The van der Waals surface area contributed by atoms with E-state index in [-0.39, 0.29) is 11.2 Å². The molecule has 0 spiro atoms. The van der Waals surface area contributed by atoms with Crippen LogP contribution in [0.5, 0.6) is 0 Å². The van der Waals surface area contributed by atoms with Gasteiger partial charge in [0, 0.05) is 33.8 Å². The minimum atomic E-state index is -0.318. The van der Waals surface area contributed by atoms with E-state index in [2.05, 4.69) is 4.99 Å². The Kier molecular flexibility index (Phi) is 4.88. The van der Waals surface area contributed by atoms with Crippen LogP contribution in [0.15, 0.2) is 20.6 Å². The largest absolute Gasteiger partial charge is 0.369 e. The summed E-state index contributed by atoms with van der Waals surface area (Å²) in [6, 6.07) is 1.39. The molecule has 0 N–H and O–H groups in total. The van der Waals surface area contributed by atoms with Crippen LogP contribution in [0.25, 0.3) is 0 Å². The van der Waals surface area contributed by atoms with Crippen molar-refractivity contribution in [2.24, 2.45) is 12.0 Å². The summed E-state index contributed by atoms with van der Waals surface area (Å²) >= 11 is 0. The van der Waals surface area contributed by atoms with Gasteiger partial charge in [-0.25, -0.2) is 9.79 Å². The first kappa shape index (κ1) is 14.2. The highest BCUT2D eigenvalue weighted by Gasteiger charge is 2.07. The highest BCUT2D eigenvalue weighted by atomic mass is 16.2. The fourth-order valence-electron chi connectivity index (χ4n) is 1.48. The molecule has 0 aliphatic rings. The molecular formula is C12H20N4O2. The van der Waals surface area contributed by atoms with Gasteiger partial charge in [0.1, 0.15) is 5.82 Å². The molecule has 100 valence electrons. The predicted molar refractivity (Wildman–Crippen MR) is 72.7 cm³/mol. The number of rotatable bonds is 5. The maximum atomic E-state index is 12.0. The van der Waals surface area contributed by atoms with Crippen LogP contribution in [0.2, 0.25) is 0 Å². The van der Waals surface area contributed by atoms with E-state index in [1.165, 1.54) is 15.2 Å². The van der Waals surface area contributed by atoms with E-state index in [4.69, 9.17) is 0 Å². The highest BCUT2D eigenvalue weighted by Crippen LogP contribution is 2.03. The third-order valence-corrected chi connectivity index (χ3v) is 2.54. The van der Waals surface area contributed by atoms with Crippen molar-refractivity contribution in [3.8, 4) is 0 Å². The Morgan fingerprint density at radius 3 is 2.61 bits per heavy atom. The van der Waals surface area contributed by atoms with Crippen molar-refractivity contribution >= 4 is 12.2 Å². The molecule has 0 aliphatic heterocycles. The molecule has 0 bridgehead atoms. The number of aromatic nitrogens is 2. The SMILES string of the molecule is CCCCn1c(=O)cc(N=CN(C)C)n(C)c1=O. The molecular weight excluding hydrogens is 232 g/mol. The average molecular weight is 252 g/mol. The second-order valence-corrected chi connectivity index (χ2v) is 4.40. The third-order valence-electron chi connectivity index (χ3n) is 2.54. The summed E-state index contributed by atoms with van der Waals surface area (Å²) in [7, 11) is 5.26. The van der Waals surface area contributed by atoms with Gasteiger partial charge in [-0.3, -0.25) is 13.9 Å². The average Bonchev–Trinajstić information content (AvgIpc) is 2.32. The molecule has 1 aromatic rings. The van der Waals surface area contributed by atoms with Gasteiger partial charge in [0.2, 0.25) is 0 Å². The van der Waals surface area contributed by atoms with Gasteiger partial charge in [-0.05, 0) is 6.42 Å². The zero-order valence-corrected chi connectivity index (χ0v) is 11.4. The molecule has 6 heteroatoms. The molecule has 1 aromatic heterocycles. The summed E-state index contributed by atoms with van der Waals surface area (Å²) in [6.07, 6.45) is 3.32. The van der Waals surface area contributed by atoms with Crippen LogP contribution in [-0.2, 0) is 13.6 Å². The molecule has 0 aliphatic carbocycles. The lowest BCUT2D eigenvalue weighted by molar-refractivity contribution is 0.558. The molecule has 0 saturated heterocycles. The van der Waals surface area contributed by atoms with Gasteiger partial charge in [0.05, 0.1) is 6.34 Å². The van der Waals surface area contributed by atoms with E-state index in [1.807, 2.05) is 21.0 Å². The second kappa shape index (κ2) is 6.18. The van der Waals surface area contributed by atoms with Crippen LogP contribution in [-0.4, -0.2) is 34.5 Å². The molecule has 0 aromatic carbocycles. The Bertz CT molecular complexity index is 540. The number of hydrogen-bond donors (Lipinski definition) is 0. The summed E-state index contributed by atoms with van der Waals surface area (Å²) in [5.41, 5.74) is -0.612. The zero-order chi connectivity index (χ0) is 13.7. The molecule has 18 heavy (non-hydrogen) atoms. The summed E-state index contributed by atoms with van der Waals surface area (Å²) in [5, 5.41) is 0. The Morgan fingerprint density at radius 2 is 2.06 bits per heavy atom. The van der Waals surface area contributed by atoms with Crippen molar-refractivity contribution in [1.29, 1.82) is 0 Å². The van der Waals surface area contributed by atoms with E-state index < -0.39 is 0 Å². The number of aliphatic imine (C=N–C) groups is 1. The number of unbranched alkanes of at least 4 members (excludes halogenated alkanes) is 1. The molecule has 0 atom stereocenters. The molecule has 0 unspecified atom stereocenters. The lowest BCUT2D eigenvalue weighted by Gasteiger charge is -2.09. The Balaban J connectivity index is 3.20. The Hall–Kier alpha value is -1.85. The van der Waals surface area contributed by atoms with Crippen LogP contribution < -0.4 is 11.2 Å².